The van der Waals surface area contributed by atoms with Crippen LogP contribution in [0.4, 0.5) is 5.69 Å². The van der Waals surface area contributed by atoms with Crippen LogP contribution >= 0.6 is 0 Å². The van der Waals surface area contributed by atoms with Gasteiger partial charge in [-0.1, -0.05) is 30.3 Å². The molecule has 2 aliphatic rings. The van der Waals surface area contributed by atoms with Gasteiger partial charge in [-0.25, -0.2) is 0 Å². The number of morpholine rings is 1. The predicted octanol–water partition coefficient (Wildman–Crippen LogP) is 1.29. The second kappa shape index (κ2) is 7.98. The SMILES string of the molecule is Cc1cnccc1N1CCN(C(=O)C2OCC(=O)NC2c2ccccc2)CC1. The molecule has 4 rings (SSSR count). The quantitative estimate of drug-likeness (QED) is 0.869. The summed E-state index contributed by atoms with van der Waals surface area (Å²) in [6.07, 6.45) is 2.95. The largest absolute Gasteiger partial charge is 0.368 e. The lowest BCUT2D eigenvalue weighted by Crippen LogP contribution is -2.57. The predicted molar refractivity (Wildman–Crippen MR) is 105 cm³/mol. The molecular weight excluding hydrogens is 356 g/mol. The van der Waals surface area contributed by atoms with E-state index in [4.69, 9.17) is 4.74 Å². The molecule has 7 nitrogen and oxygen atoms in total. The maximum Gasteiger partial charge on any atom is 0.254 e. The number of amides is 2. The highest BCUT2D eigenvalue weighted by Crippen LogP contribution is 2.25. The summed E-state index contributed by atoms with van der Waals surface area (Å²) in [7, 11) is 0. The molecule has 2 amide bonds. The summed E-state index contributed by atoms with van der Waals surface area (Å²) in [6.45, 7) is 4.71. The Hall–Kier alpha value is -2.93. The normalized spacial score (nSPS) is 22.7. The van der Waals surface area contributed by atoms with Gasteiger partial charge in [-0.3, -0.25) is 14.6 Å². The minimum Gasteiger partial charge on any atom is -0.368 e. The number of rotatable bonds is 3. The van der Waals surface area contributed by atoms with Crippen molar-refractivity contribution in [3.05, 3.63) is 59.9 Å². The third kappa shape index (κ3) is 3.71. The molecule has 1 aromatic heterocycles. The highest BCUT2D eigenvalue weighted by Gasteiger charge is 2.39. The van der Waals surface area contributed by atoms with Crippen molar-refractivity contribution in [1.29, 1.82) is 0 Å². The summed E-state index contributed by atoms with van der Waals surface area (Å²) in [4.78, 5) is 33.3. The number of hydrogen-bond acceptors (Lipinski definition) is 5. The molecule has 0 bridgehead atoms. The summed E-state index contributed by atoms with van der Waals surface area (Å²) >= 11 is 0. The molecule has 2 atom stereocenters. The molecule has 0 saturated carbocycles. The van der Waals surface area contributed by atoms with Crippen LogP contribution in [0, 0.1) is 6.92 Å². The van der Waals surface area contributed by atoms with E-state index < -0.39 is 12.1 Å². The van der Waals surface area contributed by atoms with Crippen molar-refractivity contribution in [1.82, 2.24) is 15.2 Å². The number of hydrogen-bond donors (Lipinski definition) is 1. The number of piperazine rings is 1. The Bertz CT molecular complexity index is 850. The number of aromatic nitrogens is 1. The lowest BCUT2D eigenvalue weighted by atomic mass is 9.98. The van der Waals surface area contributed by atoms with Gasteiger partial charge in [0.2, 0.25) is 5.91 Å². The van der Waals surface area contributed by atoms with E-state index in [9.17, 15) is 9.59 Å². The molecule has 2 saturated heterocycles. The Morgan fingerprint density at radius 3 is 2.61 bits per heavy atom. The monoisotopic (exact) mass is 380 g/mol. The molecule has 146 valence electrons. The van der Waals surface area contributed by atoms with Gasteiger partial charge in [0.1, 0.15) is 6.61 Å². The van der Waals surface area contributed by atoms with E-state index in [0.717, 1.165) is 29.9 Å². The second-order valence-corrected chi connectivity index (χ2v) is 7.16. The number of aryl methyl sites for hydroxylation is 1. The van der Waals surface area contributed by atoms with Gasteiger partial charge in [0, 0.05) is 44.3 Å². The van der Waals surface area contributed by atoms with Crippen LogP contribution in [0.1, 0.15) is 17.2 Å². The van der Waals surface area contributed by atoms with Gasteiger partial charge in [-0.2, -0.15) is 0 Å². The Morgan fingerprint density at radius 2 is 1.89 bits per heavy atom. The van der Waals surface area contributed by atoms with E-state index in [0.29, 0.717) is 13.1 Å². The fourth-order valence-electron chi connectivity index (χ4n) is 3.85. The molecule has 2 aliphatic heterocycles. The molecule has 1 aromatic carbocycles. The summed E-state index contributed by atoms with van der Waals surface area (Å²) in [5, 5.41) is 2.92. The number of benzene rings is 1. The van der Waals surface area contributed by atoms with Crippen molar-refractivity contribution in [3.63, 3.8) is 0 Å². The number of carbonyl (C=O) groups is 2. The molecule has 28 heavy (non-hydrogen) atoms. The first-order chi connectivity index (χ1) is 13.6. The molecular formula is C21H24N4O3. The first-order valence-electron chi connectivity index (χ1n) is 9.54. The summed E-state index contributed by atoms with van der Waals surface area (Å²) < 4.78 is 5.68. The Kier molecular flexibility index (Phi) is 5.25. The van der Waals surface area contributed by atoms with Crippen LogP contribution in [0.25, 0.3) is 0 Å². The van der Waals surface area contributed by atoms with E-state index in [-0.39, 0.29) is 18.4 Å². The summed E-state index contributed by atoms with van der Waals surface area (Å²) in [5.74, 6) is -0.268. The van der Waals surface area contributed by atoms with Gasteiger partial charge in [0.15, 0.2) is 6.10 Å². The zero-order valence-corrected chi connectivity index (χ0v) is 15.9. The molecule has 2 aromatic rings. The average Bonchev–Trinajstić information content (AvgIpc) is 2.74. The standard InChI is InChI=1S/C21H24N4O3/c1-15-13-22-8-7-17(15)24-9-11-25(12-10-24)21(27)20-19(23-18(26)14-28-20)16-5-3-2-4-6-16/h2-8,13,19-20H,9-12,14H2,1H3,(H,23,26). The van der Waals surface area contributed by atoms with Crippen LogP contribution in [-0.4, -0.2) is 60.6 Å². The molecule has 0 aliphatic carbocycles. The number of carbonyl (C=O) groups excluding carboxylic acids is 2. The van der Waals surface area contributed by atoms with Gasteiger partial charge in [-0.15, -0.1) is 0 Å². The van der Waals surface area contributed by atoms with Gasteiger partial charge in [-0.05, 0) is 24.1 Å². The van der Waals surface area contributed by atoms with Crippen molar-refractivity contribution in [3.8, 4) is 0 Å². The van der Waals surface area contributed by atoms with Crippen LogP contribution < -0.4 is 10.2 Å². The number of nitrogens with zero attached hydrogens (tertiary/aromatic N) is 3. The molecule has 0 radical (unpaired) electrons. The molecule has 2 fully saturated rings. The zero-order valence-electron chi connectivity index (χ0n) is 15.9. The van der Waals surface area contributed by atoms with Crippen LogP contribution in [0.15, 0.2) is 48.8 Å². The molecule has 3 heterocycles. The number of anilines is 1. The fourth-order valence-corrected chi connectivity index (χ4v) is 3.85. The Morgan fingerprint density at radius 1 is 1.14 bits per heavy atom. The van der Waals surface area contributed by atoms with Crippen molar-refractivity contribution in [2.75, 3.05) is 37.7 Å². The van der Waals surface area contributed by atoms with E-state index in [2.05, 4.69) is 15.2 Å². The van der Waals surface area contributed by atoms with Gasteiger partial charge in [0.05, 0.1) is 6.04 Å². The first kappa shape index (κ1) is 18.4. The van der Waals surface area contributed by atoms with Crippen LogP contribution in [-0.2, 0) is 14.3 Å². The second-order valence-electron chi connectivity index (χ2n) is 7.16. The third-order valence-electron chi connectivity index (χ3n) is 5.34. The Balaban J connectivity index is 1.45. The lowest BCUT2D eigenvalue weighted by molar-refractivity contribution is -0.155. The minimum absolute atomic E-state index is 0.0695. The molecule has 0 spiro atoms. The highest BCUT2D eigenvalue weighted by molar-refractivity contribution is 5.86. The van der Waals surface area contributed by atoms with Crippen molar-refractivity contribution < 1.29 is 14.3 Å². The number of pyridine rings is 1. The van der Waals surface area contributed by atoms with Gasteiger partial charge >= 0.3 is 0 Å². The smallest absolute Gasteiger partial charge is 0.254 e. The van der Waals surface area contributed by atoms with Crippen LogP contribution in [0.3, 0.4) is 0 Å². The third-order valence-corrected chi connectivity index (χ3v) is 5.34. The summed E-state index contributed by atoms with van der Waals surface area (Å²) in [6, 6.07) is 11.1. The molecule has 7 heteroatoms. The van der Waals surface area contributed by atoms with Gasteiger partial charge in [0.25, 0.3) is 5.91 Å². The van der Waals surface area contributed by atoms with Crippen molar-refractivity contribution >= 4 is 17.5 Å². The van der Waals surface area contributed by atoms with Crippen molar-refractivity contribution in [2.45, 2.75) is 19.1 Å². The zero-order chi connectivity index (χ0) is 19.5. The molecule has 2 unspecified atom stereocenters. The van der Waals surface area contributed by atoms with Crippen molar-refractivity contribution in [2.24, 2.45) is 0 Å². The number of ether oxygens (including phenoxy) is 1. The average molecular weight is 380 g/mol. The summed E-state index contributed by atoms with van der Waals surface area (Å²) in [5.41, 5.74) is 3.16. The van der Waals surface area contributed by atoms with Gasteiger partial charge < -0.3 is 19.9 Å². The lowest BCUT2D eigenvalue weighted by Gasteiger charge is -2.40. The Labute approximate surface area is 164 Å². The fraction of sp³-hybridized carbons (Fsp3) is 0.381. The van der Waals surface area contributed by atoms with E-state index in [1.165, 1.54) is 0 Å². The maximum atomic E-state index is 13.2. The van der Waals surface area contributed by atoms with Crippen LogP contribution in [0.2, 0.25) is 0 Å². The number of nitrogens with one attached hydrogen (secondary N) is 1. The minimum atomic E-state index is -0.700. The molecule has 1 N–H and O–H groups in total. The maximum absolute atomic E-state index is 13.2. The highest BCUT2D eigenvalue weighted by atomic mass is 16.5. The van der Waals surface area contributed by atoms with E-state index in [1.54, 1.807) is 6.20 Å². The van der Waals surface area contributed by atoms with Crippen LogP contribution in [0.5, 0.6) is 0 Å². The topological polar surface area (TPSA) is 74.8 Å². The first-order valence-corrected chi connectivity index (χ1v) is 9.54. The van der Waals surface area contributed by atoms with E-state index in [1.807, 2.05) is 54.4 Å². The van der Waals surface area contributed by atoms with E-state index >= 15 is 0 Å².